The van der Waals surface area contributed by atoms with Crippen LogP contribution in [-0.4, -0.2) is 11.6 Å². The van der Waals surface area contributed by atoms with Gasteiger partial charge in [0, 0.05) is 0 Å². The molecule has 0 radical (unpaired) electrons. The van der Waals surface area contributed by atoms with Gasteiger partial charge in [0.25, 0.3) is 0 Å². The highest BCUT2D eigenvalue weighted by atomic mass is 79.9. The van der Waals surface area contributed by atoms with Crippen LogP contribution in [0.5, 0.6) is 5.75 Å². The van der Waals surface area contributed by atoms with Crippen molar-refractivity contribution in [3.63, 3.8) is 0 Å². The molecule has 0 amide bonds. The molecule has 1 atom stereocenters. The van der Waals surface area contributed by atoms with Crippen molar-refractivity contribution in [2.45, 2.75) is 59.8 Å². The Kier molecular flexibility index (Phi) is 6.18. The lowest BCUT2D eigenvalue weighted by molar-refractivity contribution is 0.221. The highest BCUT2D eigenvalue weighted by Gasteiger charge is 2.26. The Morgan fingerprint density at radius 2 is 2.09 bits per heavy atom. The standard InChI is InChI=1S/C18H27BrClNO/c1-5-6-14(18(2,3)4)9-13-10-15(17(20)21-16(13)19)22-11-12-7-8-12/h10,12,14H,5-9,11H2,1-4H3. The van der Waals surface area contributed by atoms with Gasteiger partial charge in [0.2, 0.25) is 0 Å². The minimum atomic E-state index is 0.282. The second-order valence-electron chi connectivity index (χ2n) is 7.54. The summed E-state index contributed by atoms with van der Waals surface area (Å²) < 4.78 is 6.72. The lowest BCUT2D eigenvalue weighted by Gasteiger charge is -2.31. The van der Waals surface area contributed by atoms with E-state index in [1.165, 1.54) is 31.2 Å². The molecule has 2 rings (SSSR count). The van der Waals surface area contributed by atoms with Gasteiger partial charge in [-0.15, -0.1) is 0 Å². The molecule has 0 aromatic carbocycles. The summed E-state index contributed by atoms with van der Waals surface area (Å²) in [4.78, 5) is 4.42. The summed E-state index contributed by atoms with van der Waals surface area (Å²) in [6, 6.07) is 2.08. The third-order valence-corrected chi connectivity index (χ3v) is 5.43. The highest BCUT2D eigenvalue weighted by Crippen LogP contribution is 2.37. The first kappa shape index (κ1) is 18.1. The molecule has 1 aromatic rings. The predicted molar refractivity (Wildman–Crippen MR) is 96.7 cm³/mol. The smallest absolute Gasteiger partial charge is 0.172 e. The van der Waals surface area contributed by atoms with Gasteiger partial charge in [-0.25, -0.2) is 4.98 Å². The summed E-state index contributed by atoms with van der Waals surface area (Å²) in [6.07, 6.45) is 5.97. The van der Waals surface area contributed by atoms with E-state index in [4.69, 9.17) is 16.3 Å². The number of pyridine rings is 1. The molecule has 2 nitrogen and oxygen atoms in total. The van der Waals surface area contributed by atoms with Gasteiger partial charge in [0.1, 0.15) is 4.60 Å². The maximum Gasteiger partial charge on any atom is 0.172 e. The number of hydrogen-bond donors (Lipinski definition) is 0. The fourth-order valence-electron chi connectivity index (χ4n) is 2.68. The molecule has 0 spiro atoms. The maximum absolute atomic E-state index is 6.23. The van der Waals surface area contributed by atoms with Crippen molar-refractivity contribution in [1.82, 2.24) is 4.98 Å². The van der Waals surface area contributed by atoms with Crippen molar-refractivity contribution in [3.05, 3.63) is 21.4 Å². The lowest BCUT2D eigenvalue weighted by Crippen LogP contribution is -2.23. The molecule has 0 N–H and O–H groups in total. The van der Waals surface area contributed by atoms with E-state index in [-0.39, 0.29) is 5.41 Å². The molecule has 1 aliphatic rings. The average Bonchev–Trinajstić information content (AvgIpc) is 3.22. The first-order chi connectivity index (χ1) is 10.3. The summed E-state index contributed by atoms with van der Waals surface area (Å²) in [5, 5.41) is 0.457. The molecule has 1 fully saturated rings. The van der Waals surface area contributed by atoms with Gasteiger partial charge in [0.15, 0.2) is 10.9 Å². The monoisotopic (exact) mass is 387 g/mol. The van der Waals surface area contributed by atoms with Crippen LogP contribution in [0.1, 0.15) is 58.9 Å². The van der Waals surface area contributed by atoms with Gasteiger partial charge in [-0.05, 0) is 70.5 Å². The molecule has 124 valence electrons. The Morgan fingerprint density at radius 3 is 2.64 bits per heavy atom. The van der Waals surface area contributed by atoms with Crippen molar-refractivity contribution in [2.75, 3.05) is 6.61 Å². The van der Waals surface area contributed by atoms with E-state index in [1.54, 1.807) is 0 Å². The van der Waals surface area contributed by atoms with Crippen LogP contribution < -0.4 is 4.74 Å². The number of aromatic nitrogens is 1. The summed E-state index contributed by atoms with van der Waals surface area (Å²) in [5.74, 6) is 2.06. The van der Waals surface area contributed by atoms with Crippen LogP contribution in [0.4, 0.5) is 0 Å². The summed E-state index contributed by atoms with van der Waals surface area (Å²) >= 11 is 9.80. The molecule has 1 aromatic heterocycles. The van der Waals surface area contributed by atoms with E-state index < -0.39 is 0 Å². The molecular formula is C18H27BrClNO. The predicted octanol–water partition coefficient (Wildman–Crippen LogP) is 6.29. The Hall–Kier alpha value is -0.280. The molecule has 0 bridgehead atoms. The van der Waals surface area contributed by atoms with E-state index >= 15 is 0 Å². The van der Waals surface area contributed by atoms with Gasteiger partial charge in [-0.1, -0.05) is 45.7 Å². The molecule has 0 saturated heterocycles. The Morgan fingerprint density at radius 1 is 1.41 bits per heavy atom. The number of rotatable bonds is 7. The Bertz CT molecular complexity index is 509. The van der Waals surface area contributed by atoms with Crippen molar-refractivity contribution < 1.29 is 4.74 Å². The van der Waals surface area contributed by atoms with Gasteiger partial charge in [-0.3, -0.25) is 0 Å². The molecule has 1 saturated carbocycles. The van der Waals surface area contributed by atoms with Crippen molar-refractivity contribution >= 4 is 27.5 Å². The fourth-order valence-corrected chi connectivity index (χ4v) is 3.43. The molecule has 22 heavy (non-hydrogen) atoms. The molecule has 4 heteroatoms. The van der Waals surface area contributed by atoms with E-state index in [0.717, 1.165) is 23.4 Å². The van der Waals surface area contributed by atoms with Crippen LogP contribution in [0, 0.1) is 17.3 Å². The summed E-state index contributed by atoms with van der Waals surface area (Å²) in [5.41, 5.74) is 1.48. The van der Waals surface area contributed by atoms with Crippen LogP contribution >= 0.6 is 27.5 Å². The van der Waals surface area contributed by atoms with Crippen LogP contribution in [0.25, 0.3) is 0 Å². The topological polar surface area (TPSA) is 22.1 Å². The largest absolute Gasteiger partial charge is 0.490 e. The fraction of sp³-hybridized carbons (Fsp3) is 0.722. The Balaban J connectivity index is 2.15. The normalized spacial score (nSPS) is 16.6. The van der Waals surface area contributed by atoms with Crippen molar-refractivity contribution in [2.24, 2.45) is 17.3 Å². The first-order valence-corrected chi connectivity index (χ1v) is 9.46. The SMILES string of the molecule is CCCC(Cc1cc(OCC2CC2)c(Cl)nc1Br)C(C)(C)C. The average molecular weight is 389 g/mol. The van der Waals surface area contributed by atoms with Crippen LogP contribution in [0.15, 0.2) is 10.7 Å². The molecular weight excluding hydrogens is 362 g/mol. The van der Waals surface area contributed by atoms with Crippen LogP contribution in [0.3, 0.4) is 0 Å². The number of ether oxygens (including phenoxy) is 1. The zero-order valence-electron chi connectivity index (χ0n) is 14.1. The zero-order valence-corrected chi connectivity index (χ0v) is 16.4. The molecule has 0 aliphatic heterocycles. The molecule has 1 unspecified atom stereocenters. The van der Waals surface area contributed by atoms with Gasteiger partial charge in [-0.2, -0.15) is 0 Å². The Labute approximate surface area is 148 Å². The number of halogens is 2. The third-order valence-electron chi connectivity index (χ3n) is 4.47. The lowest BCUT2D eigenvalue weighted by atomic mass is 9.75. The van der Waals surface area contributed by atoms with E-state index in [2.05, 4.69) is 54.7 Å². The second-order valence-corrected chi connectivity index (χ2v) is 8.65. The van der Waals surface area contributed by atoms with Gasteiger partial charge in [0.05, 0.1) is 6.61 Å². The summed E-state index contributed by atoms with van der Waals surface area (Å²) in [6.45, 7) is 9.96. The highest BCUT2D eigenvalue weighted by molar-refractivity contribution is 9.10. The second kappa shape index (κ2) is 7.53. The molecule has 1 heterocycles. The zero-order chi connectivity index (χ0) is 16.3. The van der Waals surface area contributed by atoms with E-state index in [0.29, 0.717) is 17.0 Å². The maximum atomic E-state index is 6.23. The van der Waals surface area contributed by atoms with Gasteiger partial charge >= 0.3 is 0 Å². The van der Waals surface area contributed by atoms with Crippen molar-refractivity contribution in [1.29, 1.82) is 0 Å². The van der Waals surface area contributed by atoms with Crippen molar-refractivity contribution in [3.8, 4) is 5.75 Å². The minimum Gasteiger partial charge on any atom is -0.490 e. The quantitative estimate of drug-likeness (QED) is 0.512. The minimum absolute atomic E-state index is 0.282. The van der Waals surface area contributed by atoms with Crippen LogP contribution in [-0.2, 0) is 6.42 Å². The van der Waals surface area contributed by atoms with E-state index in [9.17, 15) is 0 Å². The van der Waals surface area contributed by atoms with E-state index in [1.807, 2.05) is 0 Å². The molecule has 1 aliphatic carbocycles. The number of nitrogens with zero attached hydrogens (tertiary/aromatic N) is 1. The third kappa shape index (κ3) is 5.13. The van der Waals surface area contributed by atoms with Gasteiger partial charge < -0.3 is 4.74 Å². The number of hydrogen-bond acceptors (Lipinski definition) is 2. The summed E-state index contributed by atoms with van der Waals surface area (Å²) in [7, 11) is 0. The van der Waals surface area contributed by atoms with Crippen LogP contribution in [0.2, 0.25) is 5.15 Å². The first-order valence-electron chi connectivity index (χ1n) is 8.29.